The molecule has 1 N–H and O–H groups in total. The lowest BCUT2D eigenvalue weighted by molar-refractivity contribution is 0.0755. The molecule has 0 spiro atoms. The van der Waals surface area contributed by atoms with Crippen LogP contribution in [0.25, 0.3) is 0 Å². The Morgan fingerprint density at radius 2 is 1.79 bits per heavy atom. The SMILES string of the molecule is CCCN(CCC)C(=O)c1ccc(OC)c(S(=O)(=O)Nc2cccc(Br)c2)c1. The zero-order valence-corrected chi connectivity index (χ0v) is 18.6. The van der Waals surface area contributed by atoms with Crippen molar-refractivity contribution >= 4 is 37.5 Å². The summed E-state index contributed by atoms with van der Waals surface area (Å²) in [5.41, 5.74) is 0.726. The molecule has 0 saturated carbocycles. The average Bonchev–Trinajstić information content (AvgIpc) is 2.66. The minimum atomic E-state index is -3.95. The standard InChI is InChI=1S/C20H25BrN2O4S/c1-4-11-23(12-5-2)20(24)15-9-10-18(27-3)19(13-15)28(25,26)22-17-8-6-7-16(21)14-17/h6-10,13-14,22H,4-5,11-12H2,1-3H3. The van der Waals surface area contributed by atoms with Gasteiger partial charge in [-0.1, -0.05) is 35.8 Å². The van der Waals surface area contributed by atoms with Gasteiger partial charge in [-0.05, 0) is 49.2 Å². The number of methoxy groups -OCH3 is 1. The Kier molecular flexibility index (Phi) is 7.88. The number of sulfonamides is 1. The summed E-state index contributed by atoms with van der Waals surface area (Å²) in [6.45, 7) is 5.25. The van der Waals surface area contributed by atoms with E-state index in [1.165, 1.54) is 19.2 Å². The Hall–Kier alpha value is -2.06. The van der Waals surface area contributed by atoms with Gasteiger partial charge in [-0.15, -0.1) is 0 Å². The summed E-state index contributed by atoms with van der Waals surface area (Å²) in [6.07, 6.45) is 1.66. The predicted octanol–water partition coefficient (Wildman–Crippen LogP) is 4.52. The molecule has 1 amide bonds. The lowest BCUT2D eigenvalue weighted by Gasteiger charge is -2.22. The third-order valence-electron chi connectivity index (χ3n) is 4.05. The summed E-state index contributed by atoms with van der Waals surface area (Å²) in [4.78, 5) is 14.5. The first kappa shape index (κ1) is 22.2. The van der Waals surface area contributed by atoms with Crippen molar-refractivity contribution in [2.45, 2.75) is 31.6 Å². The van der Waals surface area contributed by atoms with Crippen LogP contribution in [0.3, 0.4) is 0 Å². The molecule has 0 fully saturated rings. The molecular formula is C20H25BrN2O4S. The van der Waals surface area contributed by atoms with E-state index in [-0.39, 0.29) is 16.6 Å². The van der Waals surface area contributed by atoms with E-state index >= 15 is 0 Å². The van der Waals surface area contributed by atoms with E-state index in [9.17, 15) is 13.2 Å². The van der Waals surface area contributed by atoms with Crippen molar-refractivity contribution in [2.24, 2.45) is 0 Å². The molecular weight excluding hydrogens is 444 g/mol. The first-order chi connectivity index (χ1) is 13.3. The van der Waals surface area contributed by atoms with Crippen LogP contribution in [-0.2, 0) is 10.0 Å². The number of halogens is 1. The summed E-state index contributed by atoms with van der Waals surface area (Å²) in [5, 5.41) is 0. The summed E-state index contributed by atoms with van der Waals surface area (Å²) >= 11 is 3.32. The van der Waals surface area contributed by atoms with Gasteiger partial charge in [0.25, 0.3) is 15.9 Å². The van der Waals surface area contributed by atoms with Crippen molar-refractivity contribution in [2.75, 3.05) is 24.9 Å². The number of hydrogen-bond donors (Lipinski definition) is 1. The first-order valence-corrected chi connectivity index (χ1v) is 11.4. The van der Waals surface area contributed by atoms with Gasteiger partial charge in [-0.25, -0.2) is 8.42 Å². The Bertz CT molecular complexity index is 926. The highest BCUT2D eigenvalue weighted by molar-refractivity contribution is 9.10. The fourth-order valence-corrected chi connectivity index (χ4v) is 4.46. The van der Waals surface area contributed by atoms with Crippen LogP contribution in [0.5, 0.6) is 5.75 Å². The second kappa shape index (κ2) is 9.93. The predicted molar refractivity (Wildman–Crippen MR) is 114 cm³/mol. The van der Waals surface area contributed by atoms with E-state index < -0.39 is 10.0 Å². The molecule has 0 saturated heterocycles. The number of hydrogen-bond acceptors (Lipinski definition) is 4. The van der Waals surface area contributed by atoms with Crippen molar-refractivity contribution < 1.29 is 17.9 Å². The number of ether oxygens (including phenoxy) is 1. The third-order valence-corrected chi connectivity index (χ3v) is 5.95. The molecule has 0 aliphatic rings. The molecule has 0 bridgehead atoms. The number of amides is 1. The average molecular weight is 469 g/mol. The van der Waals surface area contributed by atoms with Crippen LogP contribution in [0.1, 0.15) is 37.0 Å². The molecule has 0 heterocycles. The van der Waals surface area contributed by atoms with E-state index in [1.807, 2.05) is 13.8 Å². The third kappa shape index (κ3) is 5.48. The summed E-state index contributed by atoms with van der Waals surface area (Å²) in [6, 6.07) is 11.3. The van der Waals surface area contributed by atoms with Gasteiger partial charge in [-0.2, -0.15) is 0 Å². The zero-order chi connectivity index (χ0) is 20.7. The molecule has 6 nitrogen and oxygen atoms in total. The molecule has 28 heavy (non-hydrogen) atoms. The molecule has 8 heteroatoms. The van der Waals surface area contributed by atoms with Crippen LogP contribution in [0.15, 0.2) is 51.8 Å². The monoisotopic (exact) mass is 468 g/mol. The second-order valence-corrected chi connectivity index (χ2v) is 8.84. The van der Waals surface area contributed by atoms with Crippen LogP contribution in [-0.4, -0.2) is 39.4 Å². The van der Waals surface area contributed by atoms with E-state index in [0.29, 0.717) is 24.3 Å². The molecule has 2 aromatic carbocycles. The molecule has 0 aromatic heterocycles. The molecule has 0 atom stereocenters. The van der Waals surface area contributed by atoms with Crippen molar-refractivity contribution in [3.05, 3.63) is 52.5 Å². The Balaban J connectivity index is 2.42. The van der Waals surface area contributed by atoms with Crippen LogP contribution < -0.4 is 9.46 Å². The maximum absolute atomic E-state index is 13.0. The van der Waals surface area contributed by atoms with E-state index in [4.69, 9.17) is 4.74 Å². The van der Waals surface area contributed by atoms with Gasteiger partial charge in [0, 0.05) is 28.8 Å². The number of carbonyl (C=O) groups is 1. The van der Waals surface area contributed by atoms with Crippen molar-refractivity contribution in [3.8, 4) is 5.75 Å². The topological polar surface area (TPSA) is 75.7 Å². The van der Waals surface area contributed by atoms with E-state index in [0.717, 1.165) is 17.3 Å². The van der Waals surface area contributed by atoms with Crippen molar-refractivity contribution in [1.82, 2.24) is 4.90 Å². The normalized spacial score (nSPS) is 11.1. The van der Waals surface area contributed by atoms with Crippen LogP contribution in [0.2, 0.25) is 0 Å². The lowest BCUT2D eigenvalue weighted by Crippen LogP contribution is -2.32. The number of benzene rings is 2. The number of nitrogens with zero attached hydrogens (tertiary/aromatic N) is 1. The smallest absolute Gasteiger partial charge is 0.265 e. The number of rotatable bonds is 9. The van der Waals surface area contributed by atoms with Gasteiger partial charge >= 0.3 is 0 Å². The van der Waals surface area contributed by atoms with E-state index in [2.05, 4.69) is 20.7 Å². The first-order valence-electron chi connectivity index (χ1n) is 9.08. The quantitative estimate of drug-likeness (QED) is 0.586. The van der Waals surface area contributed by atoms with Crippen LogP contribution in [0.4, 0.5) is 5.69 Å². The lowest BCUT2D eigenvalue weighted by atomic mass is 10.1. The largest absolute Gasteiger partial charge is 0.495 e. The van der Waals surface area contributed by atoms with Gasteiger partial charge in [0.15, 0.2) is 0 Å². The van der Waals surface area contributed by atoms with Crippen LogP contribution >= 0.6 is 15.9 Å². The minimum absolute atomic E-state index is 0.0752. The summed E-state index contributed by atoms with van der Waals surface area (Å²) in [5.74, 6) is -0.0122. The fraction of sp³-hybridized carbons (Fsp3) is 0.350. The number of anilines is 1. The summed E-state index contributed by atoms with van der Waals surface area (Å²) < 4.78 is 34.4. The molecule has 152 valence electrons. The fourth-order valence-electron chi connectivity index (χ4n) is 2.82. The molecule has 2 rings (SSSR count). The molecule has 0 aliphatic carbocycles. The van der Waals surface area contributed by atoms with Crippen LogP contribution in [0, 0.1) is 0 Å². The molecule has 0 aliphatic heterocycles. The highest BCUT2D eigenvalue weighted by Crippen LogP contribution is 2.28. The number of nitrogens with one attached hydrogen (secondary N) is 1. The van der Waals surface area contributed by atoms with Gasteiger partial charge < -0.3 is 9.64 Å². The Morgan fingerprint density at radius 3 is 2.36 bits per heavy atom. The Labute approximate surface area is 175 Å². The van der Waals surface area contributed by atoms with E-state index in [1.54, 1.807) is 35.2 Å². The van der Waals surface area contributed by atoms with Gasteiger partial charge in [-0.3, -0.25) is 9.52 Å². The minimum Gasteiger partial charge on any atom is -0.495 e. The maximum Gasteiger partial charge on any atom is 0.265 e. The van der Waals surface area contributed by atoms with Gasteiger partial charge in [0.1, 0.15) is 10.6 Å². The van der Waals surface area contributed by atoms with Gasteiger partial charge in [0.2, 0.25) is 0 Å². The molecule has 0 unspecified atom stereocenters. The van der Waals surface area contributed by atoms with Crippen molar-refractivity contribution in [1.29, 1.82) is 0 Å². The highest BCUT2D eigenvalue weighted by Gasteiger charge is 2.23. The zero-order valence-electron chi connectivity index (χ0n) is 16.2. The molecule has 2 aromatic rings. The summed E-state index contributed by atoms with van der Waals surface area (Å²) in [7, 11) is -2.55. The highest BCUT2D eigenvalue weighted by atomic mass is 79.9. The Morgan fingerprint density at radius 1 is 1.11 bits per heavy atom. The maximum atomic E-state index is 13.0. The van der Waals surface area contributed by atoms with Crippen molar-refractivity contribution in [3.63, 3.8) is 0 Å². The van der Waals surface area contributed by atoms with Gasteiger partial charge in [0.05, 0.1) is 7.11 Å². The second-order valence-electron chi connectivity index (χ2n) is 6.27. The number of carbonyl (C=O) groups excluding carboxylic acids is 1. The molecule has 0 radical (unpaired) electrons.